The highest BCUT2D eigenvalue weighted by Crippen LogP contribution is 2.54. The van der Waals surface area contributed by atoms with Gasteiger partial charge in [-0.1, -0.05) is 13.0 Å². The van der Waals surface area contributed by atoms with E-state index in [2.05, 4.69) is 30.0 Å². The van der Waals surface area contributed by atoms with Crippen molar-refractivity contribution in [2.24, 2.45) is 11.3 Å². The minimum absolute atomic E-state index is 0.0349. The van der Waals surface area contributed by atoms with Gasteiger partial charge >= 0.3 is 10.1 Å². The molecular weight excluding hydrogens is 530 g/mol. The van der Waals surface area contributed by atoms with E-state index in [1.165, 1.54) is 42.5 Å². The highest BCUT2D eigenvalue weighted by Gasteiger charge is 2.50. The van der Waals surface area contributed by atoms with Crippen LogP contribution in [0.5, 0.6) is 11.5 Å². The fraction of sp³-hybridized carbons (Fsp3) is 0.407. The molecule has 2 aromatic carbocycles. The molecular formula is C27H29NO8S2. The maximum atomic E-state index is 13.3. The predicted octanol–water partition coefficient (Wildman–Crippen LogP) is 3.58. The topological polar surface area (TPSA) is 108 Å². The molecule has 3 aliphatic heterocycles. The first kappa shape index (κ1) is 25.3. The summed E-state index contributed by atoms with van der Waals surface area (Å²) in [7, 11) is -6.21. The zero-order chi connectivity index (χ0) is 26.9. The Morgan fingerprint density at radius 2 is 1.71 bits per heavy atom. The molecule has 9 nitrogen and oxygen atoms in total. The van der Waals surface area contributed by atoms with E-state index < -0.39 is 20.0 Å². The molecule has 1 aliphatic carbocycles. The second-order valence-electron chi connectivity index (χ2n) is 10.5. The molecule has 11 heteroatoms. The van der Waals surface area contributed by atoms with Gasteiger partial charge in [0.2, 0.25) is 6.79 Å². The fourth-order valence-corrected chi connectivity index (χ4v) is 7.61. The molecule has 0 bridgehead atoms. The van der Waals surface area contributed by atoms with Crippen molar-refractivity contribution in [2.45, 2.75) is 35.6 Å². The number of fused-ring (bicyclic) bond motifs is 5. The molecule has 202 valence electrons. The first-order valence-electron chi connectivity index (χ1n) is 12.4. The highest BCUT2D eigenvalue weighted by molar-refractivity contribution is 7.90. The van der Waals surface area contributed by atoms with E-state index in [0.29, 0.717) is 12.3 Å². The van der Waals surface area contributed by atoms with E-state index in [-0.39, 0.29) is 39.7 Å². The molecule has 0 saturated carbocycles. The molecule has 0 N–H and O–H groups in total. The maximum absolute atomic E-state index is 13.3. The number of hydrogen-bond donors (Lipinski definition) is 0. The van der Waals surface area contributed by atoms with Gasteiger partial charge in [0.25, 0.3) is 0 Å². The van der Waals surface area contributed by atoms with Crippen LogP contribution in [0.15, 0.2) is 69.9 Å². The van der Waals surface area contributed by atoms with Gasteiger partial charge in [-0.2, -0.15) is 8.42 Å². The average Bonchev–Trinajstić information content (AvgIpc) is 3.33. The molecule has 1 saturated heterocycles. The van der Waals surface area contributed by atoms with E-state index in [1.807, 2.05) is 0 Å². The molecule has 4 aliphatic rings. The van der Waals surface area contributed by atoms with Gasteiger partial charge in [-0.3, -0.25) is 4.90 Å². The number of benzene rings is 2. The van der Waals surface area contributed by atoms with Crippen LogP contribution in [0, 0.1) is 11.3 Å². The number of ether oxygens (including phenoxy) is 3. The summed E-state index contributed by atoms with van der Waals surface area (Å²) in [6.07, 6.45) is 6.56. The number of sulfone groups is 1. The van der Waals surface area contributed by atoms with Crippen LogP contribution >= 0.6 is 0 Å². The van der Waals surface area contributed by atoms with Gasteiger partial charge in [-0.05, 0) is 71.9 Å². The van der Waals surface area contributed by atoms with Crippen LogP contribution in [-0.2, 0) is 35.3 Å². The van der Waals surface area contributed by atoms with Crippen LogP contribution in [-0.4, -0.2) is 55.0 Å². The lowest BCUT2D eigenvalue weighted by molar-refractivity contribution is 0.0184. The van der Waals surface area contributed by atoms with Crippen LogP contribution in [0.2, 0.25) is 0 Å². The van der Waals surface area contributed by atoms with Crippen LogP contribution < -0.4 is 9.47 Å². The van der Waals surface area contributed by atoms with Crippen LogP contribution in [0.25, 0.3) is 0 Å². The van der Waals surface area contributed by atoms with Crippen LogP contribution in [0.4, 0.5) is 0 Å². The molecule has 6 rings (SSSR count). The molecule has 3 atom stereocenters. The summed E-state index contributed by atoms with van der Waals surface area (Å²) in [4.78, 5) is 2.29. The Labute approximate surface area is 222 Å². The van der Waals surface area contributed by atoms with Gasteiger partial charge in [0.15, 0.2) is 32.9 Å². The largest absolute Gasteiger partial charge is 0.493 e. The third-order valence-electron chi connectivity index (χ3n) is 8.08. The lowest BCUT2D eigenvalue weighted by Crippen LogP contribution is -2.51. The average molecular weight is 560 g/mol. The van der Waals surface area contributed by atoms with Gasteiger partial charge in [-0.25, -0.2) is 8.42 Å². The maximum Gasteiger partial charge on any atom is 0.339 e. The summed E-state index contributed by atoms with van der Waals surface area (Å²) in [5.74, 6) is 1.91. The Balaban J connectivity index is 1.32. The zero-order valence-corrected chi connectivity index (χ0v) is 23.0. The van der Waals surface area contributed by atoms with Crippen molar-refractivity contribution in [3.8, 4) is 11.5 Å². The van der Waals surface area contributed by atoms with E-state index in [1.54, 1.807) is 6.08 Å². The molecule has 1 fully saturated rings. The van der Waals surface area contributed by atoms with Crippen molar-refractivity contribution in [1.29, 1.82) is 0 Å². The van der Waals surface area contributed by atoms with Crippen molar-refractivity contribution < 1.29 is 35.2 Å². The normalized spacial score (nSPS) is 26.4. The number of rotatable bonds is 5. The zero-order valence-electron chi connectivity index (χ0n) is 21.3. The SMILES string of the molecule is COC1=C(OS(=O)(=O)c2ccc(S(C)(=O)=O)cc2)C2CN3CCc4cc5c(cc4C3CC2(C)C=C1)OCO5. The number of methoxy groups -OCH3 is 1. The number of nitrogens with zero attached hydrogens (tertiary/aromatic N) is 1. The molecule has 2 aromatic rings. The van der Waals surface area contributed by atoms with Gasteiger partial charge < -0.3 is 18.4 Å². The fourth-order valence-electron chi connectivity index (χ4n) is 5.98. The molecule has 0 amide bonds. The number of allylic oxidation sites excluding steroid dienone is 2. The quantitative estimate of drug-likeness (QED) is 0.508. The number of piperidine rings is 1. The van der Waals surface area contributed by atoms with Crippen LogP contribution in [0.1, 0.15) is 30.5 Å². The Morgan fingerprint density at radius 1 is 1.03 bits per heavy atom. The summed E-state index contributed by atoms with van der Waals surface area (Å²) in [5, 5.41) is 0. The standard InChI is InChI=1S/C27H29NO8S2/c1-27-10-8-23(33-2)26(36-38(31,32)19-6-4-18(5-7-19)37(3,29)30)21(27)15-28-11-9-17-12-24-25(35-16-34-24)13-20(17)22(28)14-27/h4-8,10,12-13,21-22H,9,11,14-16H2,1-3H3. The van der Waals surface area contributed by atoms with Crippen molar-refractivity contribution in [1.82, 2.24) is 4.90 Å². The van der Waals surface area contributed by atoms with Gasteiger partial charge in [0.1, 0.15) is 4.90 Å². The summed E-state index contributed by atoms with van der Waals surface area (Å²) in [6.45, 7) is 3.76. The Kier molecular flexibility index (Phi) is 5.82. The third kappa shape index (κ3) is 4.17. The van der Waals surface area contributed by atoms with E-state index >= 15 is 0 Å². The first-order valence-corrected chi connectivity index (χ1v) is 15.7. The Morgan fingerprint density at radius 3 is 2.39 bits per heavy atom. The molecule has 3 unspecified atom stereocenters. The molecule has 0 aromatic heterocycles. The van der Waals surface area contributed by atoms with Crippen molar-refractivity contribution in [2.75, 3.05) is 33.2 Å². The minimum atomic E-state index is -4.24. The summed E-state index contributed by atoms with van der Waals surface area (Å²) >= 11 is 0. The van der Waals surface area contributed by atoms with Crippen molar-refractivity contribution >= 4 is 20.0 Å². The summed E-state index contributed by atoms with van der Waals surface area (Å²) in [6, 6.07) is 9.35. The van der Waals surface area contributed by atoms with Gasteiger partial charge in [0, 0.05) is 31.3 Å². The second-order valence-corrected chi connectivity index (χ2v) is 14.0. The second kappa shape index (κ2) is 8.75. The summed E-state index contributed by atoms with van der Waals surface area (Å²) < 4.78 is 72.9. The van der Waals surface area contributed by atoms with E-state index in [0.717, 1.165) is 37.1 Å². The van der Waals surface area contributed by atoms with Gasteiger partial charge in [-0.15, -0.1) is 0 Å². The number of hydrogen-bond acceptors (Lipinski definition) is 9. The first-order chi connectivity index (χ1) is 18.0. The van der Waals surface area contributed by atoms with E-state index in [9.17, 15) is 16.8 Å². The van der Waals surface area contributed by atoms with E-state index in [4.69, 9.17) is 18.4 Å². The molecule has 3 heterocycles. The summed E-state index contributed by atoms with van der Waals surface area (Å²) in [5.41, 5.74) is 2.08. The highest BCUT2D eigenvalue weighted by atomic mass is 32.2. The molecule has 0 radical (unpaired) electrons. The Hall–Kier alpha value is -3.02. The molecule has 38 heavy (non-hydrogen) atoms. The third-order valence-corrected chi connectivity index (χ3v) is 10.5. The minimum Gasteiger partial charge on any atom is -0.493 e. The van der Waals surface area contributed by atoms with Crippen molar-refractivity contribution in [3.63, 3.8) is 0 Å². The van der Waals surface area contributed by atoms with Crippen LogP contribution in [0.3, 0.4) is 0 Å². The van der Waals surface area contributed by atoms with Crippen molar-refractivity contribution in [3.05, 3.63) is 71.2 Å². The monoisotopic (exact) mass is 559 g/mol. The Bertz CT molecular complexity index is 1580. The lowest BCUT2D eigenvalue weighted by Gasteiger charge is -2.52. The van der Waals surface area contributed by atoms with Gasteiger partial charge in [0.05, 0.1) is 12.0 Å². The smallest absolute Gasteiger partial charge is 0.339 e. The molecule has 0 spiro atoms. The lowest BCUT2D eigenvalue weighted by atomic mass is 9.64. The predicted molar refractivity (Wildman–Crippen MR) is 138 cm³/mol.